The molecule has 2 saturated heterocycles. The van der Waals surface area contributed by atoms with Gasteiger partial charge in [-0.3, -0.25) is 14.2 Å². The van der Waals surface area contributed by atoms with Crippen molar-refractivity contribution in [2.45, 2.75) is 52.9 Å². The molecule has 2 fully saturated rings. The van der Waals surface area contributed by atoms with Crippen LogP contribution in [0.5, 0.6) is 0 Å². The summed E-state index contributed by atoms with van der Waals surface area (Å²) in [6.45, 7) is 8.82. The molecule has 0 aromatic carbocycles. The van der Waals surface area contributed by atoms with Crippen LogP contribution in [0.1, 0.15) is 59.6 Å². The van der Waals surface area contributed by atoms with E-state index in [4.69, 9.17) is 4.52 Å². The van der Waals surface area contributed by atoms with E-state index >= 15 is 0 Å². The minimum absolute atomic E-state index is 0.0356. The summed E-state index contributed by atoms with van der Waals surface area (Å²) in [5.41, 5.74) is 2.52. The van der Waals surface area contributed by atoms with E-state index in [-0.39, 0.29) is 17.7 Å². The third-order valence-electron chi connectivity index (χ3n) is 6.31. The smallest absolute Gasteiger partial charge is 0.255 e. The number of hydrogen-bond acceptors (Lipinski definition) is 4. The Morgan fingerprint density at radius 3 is 2.28 bits per heavy atom. The van der Waals surface area contributed by atoms with E-state index in [2.05, 4.69) is 5.16 Å². The van der Waals surface area contributed by atoms with Crippen LogP contribution in [-0.2, 0) is 4.79 Å². The molecule has 2 aromatic heterocycles. The van der Waals surface area contributed by atoms with Crippen LogP contribution in [0.15, 0.2) is 16.7 Å². The Balaban J connectivity index is 1.43. The standard InChI is InChI=1S/C22H30N4O3/c1-15-13-19(17(3)26(15)20-14-16(2)29-23-20)22(28)25-11-7-18(8-12-25)21(27)24-9-5-4-6-10-24/h13-14,18H,4-12H2,1-3H3. The Bertz CT molecular complexity index is 899. The van der Waals surface area contributed by atoms with Gasteiger partial charge < -0.3 is 14.3 Å². The predicted molar refractivity (Wildman–Crippen MR) is 109 cm³/mol. The number of hydrogen-bond donors (Lipinski definition) is 0. The Morgan fingerprint density at radius 1 is 0.966 bits per heavy atom. The van der Waals surface area contributed by atoms with Crippen molar-refractivity contribution in [2.24, 2.45) is 5.92 Å². The zero-order valence-corrected chi connectivity index (χ0v) is 17.6. The summed E-state index contributed by atoms with van der Waals surface area (Å²) in [6, 6.07) is 3.79. The zero-order valence-electron chi connectivity index (χ0n) is 17.6. The molecule has 4 rings (SSSR count). The summed E-state index contributed by atoms with van der Waals surface area (Å²) < 4.78 is 7.15. The average molecular weight is 399 g/mol. The first-order valence-electron chi connectivity index (χ1n) is 10.7. The Morgan fingerprint density at radius 2 is 1.66 bits per heavy atom. The van der Waals surface area contributed by atoms with E-state index in [0.29, 0.717) is 24.5 Å². The highest BCUT2D eigenvalue weighted by Crippen LogP contribution is 2.26. The van der Waals surface area contributed by atoms with E-state index in [1.54, 1.807) is 0 Å². The molecule has 4 heterocycles. The topological polar surface area (TPSA) is 71.6 Å². The van der Waals surface area contributed by atoms with Crippen LogP contribution in [0.2, 0.25) is 0 Å². The van der Waals surface area contributed by atoms with Gasteiger partial charge in [0.05, 0.1) is 5.56 Å². The summed E-state index contributed by atoms with van der Waals surface area (Å²) in [6.07, 6.45) is 4.96. The lowest BCUT2D eigenvalue weighted by atomic mass is 9.94. The maximum atomic E-state index is 13.2. The van der Waals surface area contributed by atoms with Crippen molar-refractivity contribution in [3.63, 3.8) is 0 Å². The van der Waals surface area contributed by atoms with E-state index < -0.39 is 0 Å². The second-order valence-electron chi connectivity index (χ2n) is 8.37. The van der Waals surface area contributed by atoms with Gasteiger partial charge in [-0.15, -0.1) is 0 Å². The van der Waals surface area contributed by atoms with Crippen LogP contribution < -0.4 is 0 Å². The minimum Gasteiger partial charge on any atom is -0.360 e. The molecule has 2 aliphatic rings. The number of amides is 2. The lowest BCUT2D eigenvalue weighted by Crippen LogP contribution is -2.45. The first-order chi connectivity index (χ1) is 14.0. The summed E-state index contributed by atoms with van der Waals surface area (Å²) in [4.78, 5) is 29.9. The van der Waals surface area contributed by atoms with Crippen molar-refractivity contribution in [1.29, 1.82) is 0 Å². The molecule has 0 atom stereocenters. The molecule has 7 nitrogen and oxygen atoms in total. The van der Waals surface area contributed by atoms with E-state index in [1.807, 2.05) is 47.3 Å². The molecule has 0 unspecified atom stereocenters. The van der Waals surface area contributed by atoms with Gasteiger partial charge >= 0.3 is 0 Å². The Kier molecular flexibility index (Phi) is 5.48. The van der Waals surface area contributed by atoms with E-state index in [9.17, 15) is 9.59 Å². The molecule has 156 valence electrons. The van der Waals surface area contributed by atoms with Crippen molar-refractivity contribution >= 4 is 11.8 Å². The number of aryl methyl sites for hydroxylation is 2. The summed E-state index contributed by atoms with van der Waals surface area (Å²) >= 11 is 0. The van der Waals surface area contributed by atoms with Crippen LogP contribution in [0, 0.1) is 26.7 Å². The van der Waals surface area contributed by atoms with E-state index in [1.165, 1.54) is 6.42 Å². The van der Waals surface area contributed by atoms with Crippen molar-refractivity contribution in [2.75, 3.05) is 26.2 Å². The van der Waals surface area contributed by atoms with Crippen LogP contribution in [0.25, 0.3) is 5.82 Å². The molecular weight excluding hydrogens is 368 g/mol. The number of carbonyl (C=O) groups excluding carboxylic acids is 2. The summed E-state index contributed by atoms with van der Waals surface area (Å²) in [5, 5.41) is 4.09. The third-order valence-corrected chi connectivity index (χ3v) is 6.31. The third kappa shape index (κ3) is 3.82. The number of nitrogens with zero attached hydrogens (tertiary/aromatic N) is 4. The average Bonchev–Trinajstić information content (AvgIpc) is 3.29. The lowest BCUT2D eigenvalue weighted by Gasteiger charge is -2.35. The van der Waals surface area contributed by atoms with Gasteiger partial charge in [-0.05, 0) is 58.9 Å². The normalized spacial score (nSPS) is 18.3. The second-order valence-corrected chi connectivity index (χ2v) is 8.37. The number of piperidine rings is 2. The highest BCUT2D eigenvalue weighted by atomic mass is 16.5. The monoisotopic (exact) mass is 398 g/mol. The van der Waals surface area contributed by atoms with E-state index in [0.717, 1.165) is 55.9 Å². The molecule has 0 radical (unpaired) electrons. The molecule has 0 saturated carbocycles. The molecule has 7 heteroatoms. The fraction of sp³-hybridized carbons (Fsp3) is 0.591. The highest BCUT2D eigenvalue weighted by molar-refractivity contribution is 5.96. The van der Waals surface area contributed by atoms with Gasteiger partial charge in [-0.1, -0.05) is 5.16 Å². The molecule has 0 aliphatic carbocycles. The van der Waals surface area contributed by atoms with Crippen LogP contribution in [-0.4, -0.2) is 57.5 Å². The number of aromatic nitrogens is 2. The number of carbonyl (C=O) groups is 2. The highest BCUT2D eigenvalue weighted by Gasteiger charge is 2.32. The van der Waals surface area contributed by atoms with Crippen molar-refractivity contribution in [1.82, 2.24) is 19.5 Å². The first kappa shape index (κ1) is 19.7. The fourth-order valence-electron chi connectivity index (χ4n) is 4.66. The fourth-order valence-corrected chi connectivity index (χ4v) is 4.66. The molecule has 0 spiro atoms. The molecular formula is C22H30N4O3. The first-order valence-corrected chi connectivity index (χ1v) is 10.7. The van der Waals surface area contributed by atoms with Crippen molar-refractivity contribution in [3.05, 3.63) is 34.8 Å². The second kappa shape index (κ2) is 8.05. The molecule has 0 N–H and O–H groups in total. The molecule has 2 aromatic rings. The van der Waals surface area contributed by atoms with Crippen LogP contribution in [0.4, 0.5) is 0 Å². The minimum atomic E-state index is 0.0356. The molecule has 2 amide bonds. The largest absolute Gasteiger partial charge is 0.360 e. The molecule has 2 aliphatic heterocycles. The predicted octanol–water partition coefficient (Wildman–Crippen LogP) is 3.26. The van der Waals surface area contributed by atoms with Crippen LogP contribution >= 0.6 is 0 Å². The quantitative estimate of drug-likeness (QED) is 0.796. The summed E-state index contributed by atoms with van der Waals surface area (Å²) in [7, 11) is 0. The number of rotatable bonds is 3. The van der Waals surface area contributed by atoms with Gasteiger partial charge in [0, 0.05) is 49.6 Å². The van der Waals surface area contributed by atoms with Gasteiger partial charge in [0.2, 0.25) is 5.91 Å². The van der Waals surface area contributed by atoms with Gasteiger partial charge in [0.1, 0.15) is 5.76 Å². The Labute approximate surface area is 171 Å². The van der Waals surface area contributed by atoms with Crippen molar-refractivity contribution in [3.8, 4) is 5.82 Å². The van der Waals surface area contributed by atoms with Gasteiger partial charge in [-0.2, -0.15) is 0 Å². The zero-order chi connectivity index (χ0) is 20.5. The molecule has 0 bridgehead atoms. The van der Waals surface area contributed by atoms with Gasteiger partial charge in [0.15, 0.2) is 5.82 Å². The van der Waals surface area contributed by atoms with Crippen molar-refractivity contribution < 1.29 is 14.1 Å². The SMILES string of the molecule is Cc1cc(-n2c(C)cc(C(=O)N3CCC(C(=O)N4CCCCC4)CC3)c2C)no1. The molecule has 29 heavy (non-hydrogen) atoms. The Hall–Kier alpha value is -2.57. The maximum Gasteiger partial charge on any atom is 0.255 e. The van der Waals surface area contributed by atoms with Crippen LogP contribution in [0.3, 0.4) is 0 Å². The summed E-state index contributed by atoms with van der Waals surface area (Å²) in [5.74, 6) is 1.82. The lowest BCUT2D eigenvalue weighted by molar-refractivity contribution is -0.137. The van der Waals surface area contributed by atoms with Gasteiger partial charge in [-0.25, -0.2) is 0 Å². The maximum absolute atomic E-state index is 13.2. The number of likely N-dealkylation sites (tertiary alicyclic amines) is 2. The van der Waals surface area contributed by atoms with Gasteiger partial charge in [0.25, 0.3) is 5.91 Å².